The van der Waals surface area contributed by atoms with Crippen molar-refractivity contribution >= 4 is 17.2 Å². The molecule has 0 saturated heterocycles. The average molecular weight is 355 g/mol. The molecule has 0 unspecified atom stereocenters. The second-order valence-corrected chi connectivity index (χ2v) is 7.08. The van der Waals surface area contributed by atoms with Crippen LogP contribution in [-0.2, 0) is 17.6 Å². The van der Waals surface area contributed by atoms with Gasteiger partial charge in [-0.15, -0.1) is 11.3 Å². The molecule has 6 heteroatoms. The number of benzene rings is 1. The highest BCUT2D eigenvalue weighted by atomic mass is 32.1. The fourth-order valence-corrected chi connectivity index (χ4v) is 3.13. The van der Waals surface area contributed by atoms with Crippen molar-refractivity contribution in [2.75, 3.05) is 6.54 Å². The third-order valence-electron chi connectivity index (χ3n) is 3.89. The van der Waals surface area contributed by atoms with Crippen molar-refractivity contribution in [3.8, 4) is 11.5 Å². The quantitative estimate of drug-likeness (QED) is 0.733. The number of thiazole rings is 1. The van der Waals surface area contributed by atoms with Gasteiger partial charge >= 0.3 is 0 Å². The molecule has 0 spiro atoms. The molecule has 0 radical (unpaired) electrons. The molecule has 25 heavy (non-hydrogen) atoms. The largest absolute Gasteiger partial charge is 0.441 e. The number of hydrogen-bond donors (Lipinski definition) is 1. The molecular formula is C19H21N3O2S. The zero-order chi connectivity index (χ0) is 17.8. The third kappa shape index (κ3) is 4.54. The fraction of sp³-hybridized carbons (Fsp3) is 0.316. The predicted octanol–water partition coefficient (Wildman–Crippen LogP) is 3.62. The van der Waals surface area contributed by atoms with Gasteiger partial charge in [0, 0.05) is 23.9 Å². The summed E-state index contributed by atoms with van der Waals surface area (Å²) in [6.07, 6.45) is 0.958. The van der Waals surface area contributed by atoms with E-state index in [1.807, 2.05) is 50.4 Å². The van der Waals surface area contributed by atoms with Gasteiger partial charge in [0.2, 0.25) is 11.8 Å². The molecule has 3 rings (SSSR count). The third-order valence-corrected chi connectivity index (χ3v) is 4.71. The van der Waals surface area contributed by atoms with Crippen LogP contribution in [0.15, 0.2) is 34.1 Å². The summed E-state index contributed by atoms with van der Waals surface area (Å²) in [7, 11) is 0. The molecule has 2 heterocycles. The van der Waals surface area contributed by atoms with Gasteiger partial charge in [-0.3, -0.25) is 4.79 Å². The summed E-state index contributed by atoms with van der Waals surface area (Å²) < 4.78 is 5.72. The number of aryl methyl sites for hydroxylation is 3. The first-order chi connectivity index (χ1) is 12.0. The predicted molar refractivity (Wildman–Crippen MR) is 98.7 cm³/mol. The molecule has 5 nitrogen and oxygen atoms in total. The Morgan fingerprint density at radius 2 is 1.92 bits per heavy atom. The highest BCUT2D eigenvalue weighted by Gasteiger charge is 2.14. The molecule has 0 aliphatic carbocycles. The van der Waals surface area contributed by atoms with E-state index < -0.39 is 0 Å². The molecule has 0 aliphatic heterocycles. The number of amides is 1. The molecular weight excluding hydrogens is 334 g/mol. The summed E-state index contributed by atoms with van der Waals surface area (Å²) in [5, 5.41) is 5.99. The number of hydrogen-bond acceptors (Lipinski definition) is 5. The van der Waals surface area contributed by atoms with Gasteiger partial charge in [-0.1, -0.05) is 17.7 Å². The van der Waals surface area contributed by atoms with Crippen LogP contribution in [0.25, 0.3) is 11.5 Å². The van der Waals surface area contributed by atoms with Crippen LogP contribution >= 0.6 is 11.3 Å². The summed E-state index contributed by atoms with van der Waals surface area (Å²) in [5.74, 6) is 1.18. The van der Waals surface area contributed by atoms with Crippen molar-refractivity contribution in [1.82, 2.24) is 15.3 Å². The van der Waals surface area contributed by atoms with Crippen LogP contribution in [-0.4, -0.2) is 22.4 Å². The normalized spacial score (nSPS) is 10.8. The lowest BCUT2D eigenvalue weighted by Gasteiger charge is -2.02. The summed E-state index contributed by atoms with van der Waals surface area (Å²) in [6, 6.07) is 7.98. The molecule has 3 aromatic rings. The van der Waals surface area contributed by atoms with E-state index in [-0.39, 0.29) is 12.3 Å². The van der Waals surface area contributed by atoms with Gasteiger partial charge in [0.1, 0.15) is 5.76 Å². The van der Waals surface area contributed by atoms with Gasteiger partial charge in [-0.05, 0) is 32.9 Å². The van der Waals surface area contributed by atoms with Crippen molar-refractivity contribution in [1.29, 1.82) is 0 Å². The van der Waals surface area contributed by atoms with Gasteiger partial charge in [0.25, 0.3) is 0 Å². The second-order valence-electron chi connectivity index (χ2n) is 6.02. The number of nitrogens with one attached hydrogen (secondary N) is 1. The van der Waals surface area contributed by atoms with E-state index in [1.54, 1.807) is 11.3 Å². The van der Waals surface area contributed by atoms with Crippen LogP contribution in [0.4, 0.5) is 0 Å². The van der Waals surface area contributed by atoms with Crippen molar-refractivity contribution in [2.45, 2.75) is 33.6 Å². The van der Waals surface area contributed by atoms with Gasteiger partial charge < -0.3 is 9.73 Å². The Hall–Kier alpha value is -2.47. The molecule has 0 saturated carbocycles. The lowest BCUT2D eigenvalue weighted by molar-refractivity contribution is -0.120. The first kappa shape index (κ1) is 17.4. The number of aromatic nitrogens is 2. The Balaban J connectivity index is 1.57. The molecule has 130 valence electrons. The fourth-order valence-electron chi connectivity index (χ4n) is 2.48. The van der Waals surface area contributed by atoms with Gasteiger partial charge in [-0.2, -0.15) is 0 Å². The maximum absolute atomic E-state index is 12.1. The number of rotatable bonds is 6. The van der Waals surface area contributed by atoms with Crippen LogP contribution in [0.1, 0.15) is 27.7 Å². The van der Waals surface area contributed by atoms with E-state index in [1.165, 1.54) is 5.56 Å². The Labute approximate surface area is 151 Å². The van der Waals surface area contributed by atoms with E-state index in [0.717, 1.165) is 22.7 Å². The Morgan fingerprint density at radius 3 is 2.60 bits per heavy atom. The molecule has 1 aromatic carbocycles. The highest BCUT2D eigenvalue weighted by molar-refractivity contribution is 7.09. The summed E-state index contributed by atoms with van der Waals surface area (Å²) in [5.41, 5.74) is 3.79. The monoisotopic (exact) mass is 355 g/mol. The minimum absolute atomic E-state index is 0.0567. The van der Waals surface area contributed by atoms with Gasteiger partial charge in [-0.25, -0.2) is 9.97 Å². The van der Waals surface area contributed by atoms with Crippen LogP contribution in [0.2, 0.25) is 0 Å². The lowest BCUT2D eigenvalue weighted by Crippen LogP contribution is -2.27. The van der Waals surface area contributed by atoms with Crippen LogP contribution in [0.5, 0.6) is 0 Å². The number of carbonyl (C=O) groups excluding carboxylic acids is 1. The zero-order valence-corrected chi connectivity index (χ0v) is 15.4. The first-order valence-corrected chi connectivity index (χ1v) is 9.10. The smallest absolute Gasteiger partial charge is 0.226 e. The molecule has 0 fully saturated rings. The van der Waals surface area contributed by atoms with Crippen molar-refractivity contribution in [3.05, 3.63) is 57.4 Å². The SMILES string of the molecule is Cc1ccc(-c2nc(CC(=O)NCCc3csc(C)n3)c(C)o2)cc1. The van der Waals surface area contributed by atoms with E-state index >= 15 is 0 Å². The van der Waals surface area contributed by atoms with Crippen molar-refractivity contribution < 1.29 is 9.21 Å². The standard InChI is InChI=1S/C19H21N3O2S/c1-12-4-6-15(7-5-12)19-22-17(13(2)24-19)10-18(23)20-9-8-16-11-25-14(3)21-16/h4-7,11H,8-10H2,1-3H3,(H,20,23). The zero-order valence-electron chi connectivity index (χ0n) is 14.6. The molecule has 2 aromatic heterocycles. The first-order valence-electron chi connectivity index (χ1n) is 8.22. The Kier molecular flexibility index (Phi) is 5.28. The Bertz CT molecular complexity index is 865. The Morgan fingerprint density at radius 1 is 1.16 bits per heavy atom. The molecule has 0 bridgehead atoms. The number of carbonyl (C=O) groups is 1. The van der Waals surface area contributed by atoms with Crippen LogP contribution in [0.3, 0.4) is 0 Å². The lowest BCUT2D eigenvalue weighted by atomic mass is 10.1. The second kappa shape index (κ2) is 7.61. The number of oxazole rings is 1. The summed E-state index contributed by atoms with van der Waals surface area (Å²) in [4.78, 5) is 21.0. The van der Waals surface area contributed by atoms with E-state index in [2.05, 4.69) is 15.3 Å². The van der Waals surface area contributed by atoms with Crippen LogP contribution < -0.4 is 5.32 Å². The van der Waals surface area contributed by atoms with E-state index in [9.17, 15) is 4.79 Å². The minimum Gasteiger partial charge on any atom is -0.441 e. The van der Waals surface area contributed by atoms with Gasteiger partial charge in [0.15, 0.2) is 0 Å². The van der Waals surface area contributed by atoms with Crippen molar-refractivity contribution in [3.63, 3.8) is 0 Å². The molecule has 0 atom stereocenters. The molecule has 1 amide bonds. The van der Waals surface area contributed by atoms with Crippen molar-refractivity contribution in [2.24, 2.45) is 0 Å². The molecule has 0 aliphatic rings. The topological polar surface area (TPSA) is 68.0 Å². The summed E-state index contributed by atoms with van der Waals surface area (Å²) >= 11 is 1.62. The maximum atomic E-state index is 12.1. The van der Waals surface area contributed by atoms with Gasteiger partial charge in [0.05, 0.1) is 22.8 Å². The average Bonchev–Trinajstić information content (AvgIpc) is 3.14. The van der Waals surface area contributed by atoms with E-state index in [4.69, 9.17) is 4.42 Å². The minimum atomic E-state index is -0.0567. The molecule has 1 N–H and O–H groups in total. The van der Waals surface area contributed by atoms with E-state index in [0.29, 0.717) is 23.9 Å². The van der Waals surface area contributed by atoms with Crippen LogP contribution in [0, 0.1) is 20.8 Å². The summed E-state index contributed by atoms with van der Waals surface area (Å²) in [6.45, 7) is 6.42. The number of nitrogens with zero attached hydrogens (tertiary/aromatic N) is 2. The highest BCUT2D eigenvalue weighted by Crippen LogP contribution is 2.22. The maximum Gasteiger partial charge on any atom is 0.226 e.